The molecule has 3 aromatic carbocycles. The molecule has 1 aromatic heterocycles. The van der Waals surface area contributed by atoms with E-state index in [9.17, 15) is 19.2 Å². The third-order valence-corrected chi connectivity index (χ3v) is 6.88. The molecule has 0 spiro atoms. The maximum absolute atomic E-state index is 13.6. The fourth-order valence-electron chi connectivity index (χ4n) is 4.56. The fraction of sp³-hybridized carbons (Fsp3) is 0.242. The zero-order valence-corrected chi connectivity index (χ0v) is 24.6. The van der Waals surface area contributed by atoms with Gasteiger partial charge in [-0.05, 0) is 41.7 Å². The summed E-state index contributed by atoms with van der Waals surface area (Å²) in [6.07, 6.45) is 0.0236. The Balaban J connectivity index is 1.44. The number of hydrogen-bond acceptors (Lipinski definition) is 7. The van der Waals surface area contributed by atoms with E-state index in [0.717, 1.165) is 16.5 Å². The van der Waals surface area contributed by atoms with Gasteiger partial charge < -0.3 is 36.2 Å². The maximum Gasteiger partial charge on any atom is 0.408 e. The zero-order chi connectivity index (χ0) is 32.0. The highest BCUT2D eigenvalue weighted by Gasteiger charge is 2.27. The topological polar surface area (TPSA) is 189 Å². The van der Waals surface area contributed by atoms with Gasteiger partial charge in [-0.15, -0.1) is 0 Å². The molecule has 12 nitrogen and oxygen atoms in total. The fourth-order valence-corrected chi connectivity index (χ4v) is 4.56. The van der Waals surface area contributed by atoms with E-state index < -0.39 is 35.6 Å². The molecule has 0 aliphatic heterocycles. The molecule has 45 heavy (non-hydrogen) atoms. The van der Waals surface area contributed by atoms with E-state index in [-0.39, 0.29) is 32.0 Å². The normalized spacial score (nSPS) is 12.0. The van der Waals surface area contributed by atoms with Gasteiger partial charge in [0.15, 0.2) is 5.96 Å². The number of hydrogen-bond donors (Lipinski definition) is 6. The summed E-state index contributed by atoms with van der Waals surface area (Å²) in [5.74, 6) is -1.22. The first-order chi connectivity index (χ1) is 21.8. The minimum atomic E-state index is -1.04. The molecule has 2 atom stereocenters. The Kier molecular flexibility index (Phi) is 11.7. The first-order valence-electron chi connectivity index (χ1n) is 14.5. The average molecular weight is 613 g/mol. The van der Waals surface area contributed by atoms with Crippen LogP contribution < -0.4 is 32.6 Å². The Hall–Kier alpha value is -5.65. The van der Waals surface area contributed by atoms with Crippen LogP contribution in [0.2, 0.25) is 0 Å². The van der Waals surface area contributed by atoms with E-state index in [0.29, 0.717) is 24.1 Å². The number of benzene rings is 3. The van der Waals surface area contributed by atoms with Gasteiger partial charge in [0.1, 0.15) is 24.3 Å². The van der Waals surface area contributed by atoms with Gasteiger partial charge in [0, 0.05) is 31.0 Å². The summed E-state index contributed by atoms with van der Waals surface area (Å²) >= 11 is 0. The third kappa shape index (κ3) is 10.5. The highest BCUT2D eigenvalue weighted by atomic mass is 16.5. The summed E-state index contributed by atoms with van der Waals surface area (Å²) in [6, 6.07) is 24.6. The first-order valence-corrected chi connectivity index (χ1v) is 14.5. The SMILES string of the molecule is N=C(N)NCCC[C@H](NC(=O)[C@H](Cc1ccccc1)NC(=O)OCc1ccccc1)C(=O)NCc1ccc2ccc(=O)oc2c1. The quantitative estimate of drug-likeness (QED) is 0.0542. The average Bonchev–Trinajstić information content (AvgIpc) is 3.04. The van der Waals surface area contributed by atoms with Crippen LogP contribution in [-0.2, 0) is 33.9 Å². The predicted octanol–water partition coefficient (Wildman–Crippen LogP) is 2.69. The van der Waals surface area contributed by atoms with Gasteiger partial charge in [-0.2, -0.15) is 0 Å². The van der Waals surface area contributed by atoms with Gasteiger partial charge in [0.25, 0.3) is 0 Å². The van der Waals surface area contributed by atoms with E-state index in [1.165, 1.54) is 6.07 Å². The number of nitrogens with two attached hydrogens (primary N) is 1. The van der Waals surface area contributed by atoms with E-state index in [4.69, 9.17) is 20.3 Å². The van der Waals surface area contributed by atoms with Crippen molar-refractivity contribution in [3.8, 4) is 0 Å². The number of alkyl carbamates (subject to hydrolysis) is 1. The molecule has 4 rings (SSSR count). The lowest BCUT2D eigenvalue weighted by molar-refractivity contribution is -0.130. The van der Waals surface area contributed by atoms with Crippen LogP contribution in [0.25, 0.3) is 11.0 Å². The summed E-state index contributed by atoms with van der Waals surface area (Å²) in [5.41, 5.74) is 7.58. The first kappa shape index (κ1) is 32.3. The molecule has 0 fully saturated rings. The van der Waals surface area contributed by atoms with Gasteiger partial charge in [-0.3, -0.25) is 15.0 Å². The summed E-state index contributed by atoms with van der Waals surface area (Å²) in [5, 5.41) is 19.1. The standard InChI is InChI=1S/C33H36N6O6/c34-32(35)36-17-7-12-26(30(41)37-20-24-13-14-25-15-16-29(40)45-28(25)19-24)38-31(42)27(18-22-8-3-1-4-9-22)39-33(43)44-21-23-10-5-2-6-11-23/h1-6,8-11,13-16,19,26-27H,7,12,17-18,20-21H2,(H,37,41)(H,38,42)(H,39,43)(H4,34,35,36)/t26-,27-/m0/s1. The van der Waals surface area contributed by atoms with E-state index >= 15 is 0 Å². The van der Waals surface area contributed by atoms with Crippen molar-refractivity contribution in [2.24, 2.45) is 5.73 Å². The molecule has 0 aliphatic carbocycles. The van der Waals surface area contributed by atoms with Crippen LogP contribution in [0.5, 0.6) is 0 Å². The second kappa shape index (κ2) is 16.3. The third-order valence-electron chi connectivity index (χ3n) is 6.88. The largest absolute Gasteiger partial charge is 0.445 e. The molecular weight excluding hydrogens is 576 g/mol. The molecule has 3 amide bonds. The molecule has 0 unspecified atom stereocenters. The number of rotatable bonds is 14. The van der Waals surface area contributed by atoms with Crippen molar-refractivity contribution in [1.29, 1.82) is 5.41 Å². The molecule has 0 radical (unpaired) electrons. The number of fused-ring (bicyclic) bond motifs is 1. The molecule has 234 valence electrons. The Labute approximate surface area is 259 Å². The van der Waals surface area contributed by atoms with Crippen molar-refractivity contribution in [2.45, 2.75) is 44.5 Å². The minimum Gasteiger partial charge on any atom is -0.445 e. The second-order valence-electron chi connectivity index (χ2n) is 10.3. The number of carbonyl (C=O) groups is 3. The van der Waals surface area contributed by atoms with Crippen LogP contribution in [0.15, 0.2) is 100 Å². The maximum atomic E-state index is 13.6. The summed E-state index contributed by atoms with van der Waals surface area (Å²) in [6.45, 7) is 0.456. The van der Waals surface area contributed by atoms with E-state index in [1.807, 2.05) is 60.7 Å². The van der Waals surface area contributed by atoms with Crippen molar-refractivity contribution in [3.63, 3.8) is 0 Å². The molecule has 0 bridgehead atoms. The second-order valence-corrected chi connectivity index (χ2v) is 10.3. The summed E-state index contributed by atoms with van der Waals surface area (Å²) < 4.78 is 10.6. The Morgan fingerprint density at radius 1 is 0.800 bits per heavy atom. The van der Waals surface area contributed by atoms with Crippen LogP contribution in [0.3, 0.4) is 0 Å². The van der Waals surface area contributed by atoms with Crippen LogP contribution in [0.4, 0.5) is 4.79 Å². The molecule has 1 heterocycles. The zero-order valence-electron chi connectivity index (χ0n) is 24.6. The molecule has 0 saturated heterocycles. The van der Waals surface area contributed by atoms with Gasteiger partial charge >= 0.3 is 11.7 Å². The Morgan fingerprint density at radius 3 is 2.20 bits per heavy atom. The van der Waals surface area contributed by atoms with Gasteiger partial charge in [0.05, 0.1) is 0 Å². The van der Waals surface area contributed by atoms with E-state index in [2.05, 4.69) is 21.3 Å². The monoisotopic (exact) mass is 612 g/mol. The van der Waals surface area contributed by atoms with Crippen LogP contribution >= 0.6 is 0 Å². The van der Waals surface area contributed by atoms with Crippen molar-refractivity contribution < 1.29 is 23.5 Å². The molecule has 12 heteroatoms. The Morgan fingerprint density at radius 2 is 1.49 bits per heavy atom. The molecular formula is C33H36N6O6. The van der Waals surface area contributed by atoms with Gasteiger partial charge in [-0.1, -0.05) is 72.8 Å². The van der Waals surface area contributed by atoms with Crippen molar-refractivity contribution in [2.75, 3.05) is 6.54 Å². The van der Waals surface area contributed by atoms with Crippen molar-refractivity contribution in [1.82, 2.24) is 21.3 Å². The van der Waals surface area contributed by atoms with Crippen LogP contribution in [0.1, 0.15) is 29.5 Å². The lowest BCUT2D eigenvalue weighted by atomic mass is 10.0. The minimum absolute atomic E-state index is 0.0265. The predicted molar refractivity (Wildman–Crippen MR) is 169 cm³/mol. The molecule has 0 saturated carbocycles. The number of nitrogens with one attached hydrogen (secondary N) is 5. The smallest absolute Gasteiger partial charge is 0.408 e. The summed E-state index contributed by atoms with van der Waals surface area (Å²) in [4.78, 5) is 51.3. The summed E-state index contributed by atoms with van der Waals surface area (Å²) in [7, 11) is 0. The van der Waals surface area contributed by atoms with E-state index in [1.54, 1.807) is 24.3 Å². The molecule has 7 N–H and O–H groups in total. The number of carbonyl (C=O) groups excluding carboxylic acids is 3. The number of ether oxygens (including phenoxy) is 1. The van der Waals surface area contributed by atoms with Crippen molar-refractivity contribution >= 4 is 34.8 Å². The van der Waals surface area contributed by atoms with Crippen molar-refractivity contribution in [3.05, 3.63) is 118 Å². The lowest BCUT2D eigenvalue weighted by Crippen LogP contribution is -2.54. The Bertz CT molecular complexity index is 1660. The van der Waals surface area contributed by atoms with Crippen LogP contribution in [-0.4, -0.2) is 42.5 Å². The van der Waals surface area contributed by atoms with Crippen LogP contribution in [0, 0.1) is 5.41 Å². The molecule has 0 aliphatic rings. The van der Waals surface area contributed by atoms with Gasteiger partial charge in [0.2, 0.25) is 11.8 Å². The molecule has 4 aromatic rings. The number of amides is 3. The lowest BCUT2D eigenvalue weighted by Gasteiger charge is -2.23. The highest BCUT2D eigenvalue weighted by molar-refractivity contribution is 5.91. The number of guanidine groups is 1. The van der Waals surface area contributed by atoms with Gasteiger partial charge in [-0.25, -0.2) is 9.59 Å². The highest BCUT2D eigenvalue weighted by Crippen LogP contribution is 2.14.